The van der Waals surface area contributed by atoms with E-state index in [0.29, 0.717) is 11.1 Å². The number of aromatic carboxylic acids is 1. The van der Waals surface area contributed by atoms with E-state index >= 15 is 0 Å². The lowest BCUT2D eigenvalue weighted by Gasteiger charge is -2.04. The van der Waals surface area contributed by atoms with Gasteiger partial charge in [-0.05, 0) is 29.7 Å². The quantitative estimate of drug-likeness (QED) is 0.405. The predicted octanol–water partition coefficient (Wildman–Crippen LogP) is 2.93. The molecule has 2 aromatic carbocycles. The largest absolute Gasteiger partial charge is 0.477 e. The summed E-state index contributed by atoms with van der Waals surface area (Å²) in [4.78, 5) is 25.6. The first kappa shape index (κ1) is 17.8. The number of benzene rings is 2. The molecule has 3 rings (SSSR count). The Morgan fingerprint density at radius 3 is 2.48 bits per heavy atom. The maximum Gasteiger partial charge on any atom is 0.342 e. The standard InChI is InChI=1S/C18H15N5O4/c1-11-10-22(18(19)21-11)20-9-12-2-4-13(5-3-12)14-6-7-15(17(24)25)16(8-14)23(26)27/h2-10H,1H3,(H2,19,21)(H,24,25). The number of nitrogen functional groups attached to an aromatic ring is 1. The molecule has 27 heavy (non-hydrogen) atoms. The van der Waals surface area contributed by atoms with Crippen molar-refractivity contribution in [2.24, 2.45) is 5.10 Å². The number of nitrogens with zero attached hydrogens (tertiary/aromatic N) is 4. The number of nitro benzene ring substituents is 1. The Kier molecular flexibility index (Phi) is 4.67. The molecule has 0 saturated heterocycles. The van der Waals surface area contributed by atoms with Gasteiger partial charge in [0.2, 0.25) is 5.95 Å². The SMILES string of the molecule is Cc1cn(N=Cc2ccc(-c3ccc(C(=O)O)c([N+](=O)[O-])c3)cc2)c(N)n1. The van der Waals surface area contributed by atoms with Crippen molar-refractivity contribution in [1.29, 1.82) is 0 Å². The molecular formula is C18H15N5O4. The second-order valence-electron chi connectivity index (χ2n) is 5.75. The van der Waals surface area contributed by atoms with Crippen molar-refractivity contribution in [3.63, 3.8) is 0 Å². The molecule has 0 aliphatic carbocycles. The molecule has 1 heterocycles. The number of nitrogens with two attached hydrogens (primary N) is 1. The number of carboxylic acid groups (broad SMARTS) is 1. The summed E-state index contributed by atoms with van der Waals surface area (Å²) in [7, 11) is 0. The Hall–Kier alpha value is -4.01. The van der Waals surface area contributed by atoms with Crippen LogP contribution < -0.4 is 5.73 Å². The second-order valence-corrected chi connectivity index (χ2v) is 5.75. The van der Waals surface area contributed by atoms with Gasteiger partial charge in [0.05, 0.1) is 23.0 Å². The zero-order valence-electron chi connectivity index (χ0n) is 14.2. The van der Waals surface area contributed by atoms with Crippen molar-refractivity contribution in [2.75, 3.05) is 5.73 Å². The van der Waals surface area contributed by atoms with E-state index in [9.17, 15) is 14.9 Å². The van der Waals surface area contributed by atoms with Gasteiger partial charge in [0.15, 0.2) is 0 Å². The fourth-order valence-electron chi connectivity index (χ4n) is 2.53. The van der Waals surface area contributed by atoms with Crippen LogP contribution in [0.5, 0.6) is 0 Å². The molecule has 0 aliphatic rings. The fraction of sp³-hybridized carbons (Fsp3) is 0.0556. The number of aryl methyl sites for hydroxylation is 1. The average molecular weight is 365 g/mol. The maximum absolute atomic E-state index is 11.1. The molecule has 3 N–H and O–H groups in total. The highest BCUT2D eigenvalue weighted by molar-refractivity contribution is 5.93. The van der Waals surface area contributed by atoms with Gasteiger partial charge in [0.1, 0.15) is 5.56 Å². The van der Waals surface area contributed by atoms with Crippen LogP contribution in [0, 0.1) is 17.0 Å². The topological polar surface area (TPSA) is 137 Å². The molecule has 0 aliphatic heterocycles. The lowest BCUT2D eigenvalue weighted by molar-refractivity contribution is -0.385. The fourth-order valence-corrected chi connectivity index (χ4v) is 2.53. The normalized spacial score (nSPS) is 11.0. The van der Waals surface area contributed by atoms with Gasteiger partial charge in [-0.2, -0.15) is 5.10 Å². The van der Waals surface area contributed by atoms with Gasteiger partial charge in [-0.15, -0.1) is 0 Å². The number of aromatic nitrogens is 2. The van der Waals surface area contributed by atoms with Crippen LogP contribution in [0.1, 0.15) is 21.6 Å². The lowest BCUT2D eigenvalue weighted by atomic mass is 10.0. The van der Waals surface area contributed by atoms with Gasteiger partial charge in [0, 0.05) is 6.07 Å². The van der Waals surface area contributed by atoms with Crippen LogP contribution in [0.25, 0.3) is 11.1 Å². The average Bonchev–Trinajstić information content (AvgIpc) is 2.97. The van der Waals surface area contributed by atoms with Crippen LogP contribution in [0.15, 0.2) is 53.8 Å². The van der Waals surface area contributed by atoms with Crippen LogP contribution in [-0.2, 0) is 0 Å². The molecule has 9 heteroatoms. The molecule has 0 bridgehead atoms. The highest BCUT2D eigenvalue weighted by Gasteiger charge is 2.20. The van der Waals surface area contributed by atoms with Gasteiger partial charge in [-0.1, -0.05) is 30.3 Å². The Morgan fingerprint density at radius 1 is 1.26 bits per heavy atom. The number of carboxylic acids is 1. The second kappa shape index (κ2) is 7.08. The molecule has 0 unspecified atom stereocenters. The zero-order chi connectivity index (χ0) is 19.6. The molecule has 0 atom stereocenters. The molecule has 136 valence electrons. The number of hydrogen-bond acceptors (Lipinski definition) is 6. The van der Waals surface area contributed by atoms with E-state index in [1.807, 2.05) is 6.92 Å². The molecule has 9 nitrogen and oxygen atoms in total. The van der Waals surface area contributed by atoms with Gasteiger partial charge >= 0.3 is 5.97 Å². The Labute approximate surface area is 153 Å². The van der Waals surface area contributed by atoms with Gasteiger partial charge in [-0.3, -0.25) is 10.1 Å². The molecular weight excluding hydrogens is 350 g/mol. The summed E-state index contributed by atoms with van der Waals surface area (Å²) in [6.07, 6.45) is 3.31. The number of rotatable bonds is 5. The van der Waals surface area contributed by atoms with Crippen molar-refractivity contribution in [2.45, 2.75) is 6.92 Å². The minimum absolute atomic E-state index is 0.284. The van der Waals surface area contributed by atoms with Crippen molar-refractivity contribution in [3.05, 3.63) is 75.6 Å². The zero-order valence-corrected chi connectivity index (χ0v) is 14.2. The Morgan fingerprint density at radius 2 is 1.93 bits per heavy atom. The first-order valence-electron chi connectivity index (χ1n) is 7.83. The Bertz CT molecular complexity index is 1050. The van der Waals surface area contributed by atoms with E-state index in [1.54, 1.807) is 36.7 Å². The van der Waals surface area contributed by atoms with Crippen LogP contribution in [0.4, 0.5) is 11.6 Å². The summed E-state index contributed by atoms with van der Waals surface area (Å²) < 4.78 is 1.46. The van der Waals surface area contributed by atoms with Crippen LogP contribution in [0.3, 0.4) is 0 Å². The van der Waals surface area contributed by atoms with E-state index in [-0.39, 0.29) is 11.5 Å². The van der Waals surface area contributed by atoms with Gasteiger partial charge in [0.25, 0.3) is 5.69 Å². The predicted molar refractivity (Wildman–Crippen MR) is 99.9 cm³/mol. The lowest BCUT2D eigenvalue weighted by Crippen LogP contribution is -2.02. The van der Waals surface area contributed by atoms with Crippen molar-refractivity contribution in [1.82, 2.24) is 9.66 Å². The summed E-state index contributed by atoms with van der Waals surface area (Å²) in [5, 5.41) is 24.4. The van der Waals surface area contributed by atoms with Crippen molar-refractivity contribution in [3.8, 4) is 11.1 Å². The molecule has 0 radical (unpaired) electrons. The third kappa shape index (κ3) is 3.82. The molecule has 0 fully saturated rings. The smallest absolute Gasteiger partial charge is 0.342 e. The van der Waals surface area contributed by atoms with Crippen LogP contribution in [-0.4, -0.2) is 31.9 Å². The van der Waals surface area contributed by atoms with E-state index in [0.717, 1.165) is 11.3 Å². The van der Waals surface area contributed by atoms with E-state index in [4.69, 9.17) is 10.8 Å². The molecule has 0 saturated carbocycles. The number of nitro groups is 1. The number of carbonyl (C=O) groups is 1. The molecule has 3 aromatic rings. The number of imidazole rings is 1. The monoisotopic (exact) mass is 365 g/mol. The van der Waals surface area contributed by atoms with E-state index in [1.165, 1.54) is 22.9 Å². The van der Waals surface area contributed by atoms with Crippen LogP contribution >= 0.6 is 0 Å². The number of hydrogen-bond donors (Lipinski definition) is 2. The first-order chi connectivity index (χ1) is 12.8. The minimum Gasteiger partial charge on any atom is -0.477 e. The van der Waals surface area contributed by atoms with Gasteiger partial charge < -0.3 is 10.8 Å². The molecule has 1 aromatic heterocycles. The third-order valence-electron chi connectivity index (χ3n) is 3.83. The summed E-state index contributed by atoms with van der Waals surface area (Å²) >= 11 is 0. The number of anilines is 1. The highest BCUT2D eigenvalue weighted by atomic mass is 16.6. The molecule has 0 spiro atoms. The van der Waals surface area contributed by atoms with Crippen molar-refractivity contribution >= 4 is 23.8 Å². The van der Waals surface area contributed by atoms with Gasteiger partial charge in [-0.25, -0.2) is 14.5 Å². The summed E-state index contributed by atoms with van der Waals surface area (Å²) in [5.41, 5.74) is 7.73. The summed E-state index contributed by atoms with van der Waals surface area (Å²) in [6.45, 7) is 1.81. The highest BCUT2D eigenvalue weighted by Crippen LogP contribution is 2.27. The van der Waals surface area contributed by atoms with Crippen molar-refractivity contribution < 1.29 is 14.8 Å². The van der Waals surface area contributed by atoms with E-state index < -0.39 is 16.6 Å². The minimum atomic E-state index is -1.34. The van der Waals surface area contributed by atoms with Crippen LogP contribution in [0.2, 0.25) is 0 Å². The summed E-state index contributed by atoms with van der Waals surface area (Å²) in [6, 6.07) is 11.1. The van der Waals surface area contributed by atoms with E-state index in [2.05, 4.69) is 10.1 Å². The third-order valence-corrected chi connectivity index (χ3v) is 3.83. The first-order valence-corrected chi connectivity index (χ1v) is 7.83. The Balaban J connectivity index is 1.87. The molecule has 0 amide bonds. The maximum atomic E-state index is 11.1. The summed E-state index contributed by atoms with van der Waals surface area (Å²) in [5.74, 6) is -1.06.